The van der Waals surface area contributed by atoms with Crippen molar-refractivity contribution in [1.29, 1.82) is 0 Å². The second kappa shape index (κ2) is 4.56. The Morgan fingerprint density at radius 3 is 2.73 bits per heavy atom. The maximum atomic E-state index is 10.6. The molecule has 1 N–H and O–H groups in total. The molecular formula is C5H7NO4Si. The minimum absolute atomic E-state index is 0.151. The molecule has 0 heterocycles. The van der Waals surface area contributed by atoms with Crippen molar-refractivity contribution in [2.45, 2.75) is 6.92 Å². The first kappa shape index (κ1) is 9.77. The van der Waals surface area contributed by atoms with Gasteiger partial charge in [0.2, 0.25) is 6.08 Å². The van der Waals surface area contributed by atoms with Crippen LogP contribution in [0.4, 0.5) is 0 Å². The molecule has 0 aromatic rings. The summed E-state index contributed by atoms with van der Waals surface area (Å²) >= 11 is 0. The summed E-state index contributed by atoms with van der Waals surface area (Å²) in [7, 11) is -3.03. The maximum absolute atomic E-state index is 10.6. The quantitative estimate of drug-likeness (QED) is 0.261. The average Bonchev–Trinajstić information content (AvgIpc) is 1.87. The normalized spacial score (nSPS) is 11.1. The number of isocyanates is 1. The Balaban J connectivity index is 3.94. The number of carbonyl (C=O) groups is 1. The van der Waals surface area contributed by atoms with E-state index in [1.807, 2.05) is 0 Å². The van der Waals surface area contributed by atoms with E-state index in [0.717, 1.165) is 6.08 Å². The van der Waals surface area contributed by atoms with Gasteiger partial charge in [0, 0.05) is 5.57 Å². The summed E-state index contributed by atoms with van der Waals surface area (Å²) in [6.07, 6.45) is 1.09. The van der Waals surface area contributed by atoms with Crippen molar-refractivity contribution in [2.24, 2.45) is 4.66 Å². The molecule has 0 rings (SSSR count). The second-order valence-corrected chi connectivity index (χ2v) is 2.88. The van der Waals surface area contributed by atoms with Crippen molar-refractivity contribution < 1.29 is 18.8 Å². The molecule has 5 nitrogen and oxygen atoms in total. The Labute approximate surface area is 64.9 Å². The lowest BCUT2D eigenvalue weighted by Crippen LogP contribution is -2.20. The van der Waals surface area contributed by atoms with E-state index in [9.17, 15) is 9.59 Å². The van der Waals surface area contributed by atoms with E-state index in [1.54, 1.807) is 0 Å². The van der Waals surface area contributed by atoms with Crippen LogP contribution in [0.2, 0.25) is 0 Å². The maximum Gasteiger partial charge on any atom is 0.535 e. The highest BCUT2D eigenvalue weighted by molar-refractivity contribution is 6.44. The first-order valence-electron chi connectivity index (χ1n) is 2.69. The van der Waals surface area contributed by atoms with Gasteiger partial charge in [0.15, 0.2) is 0 Å². The van der Waals surface area contributed by atoms with Gasteiger partial charge in [0.25, 0.3) is 0 Å². The molecule has 60 valence electrons. The number of rotatable bonds is 3. The van der Waals surface area contributed by atoms with E-state index >= 15 is 0 Å². The van der Waals surface area contributed by atoms with Gasteiger partial charge in [0.05, 0.1) is 0 Å². The zero-order chi connectivity index (χ0) is 8.85. The molecule has 0 radical (unpaired) electrons. The summed E-state index contributed by atoms with van der Waals surface area (Å²) in [5, 5.41) is 0. The molecule has 0 fully saturated rings. The number of carbonyl (C=O) groups excluding carboxylic acids is 2. The SMILES string of the molecule is C=C(C)C(=O)O[SiH](O)N=C=O. The highest BCUT2D eigenvalue weighted by Crippen LogP contribution is 1.93. The number of hydrogen-bond acceptors (Lipinski definition) is 5. The molecular weight excluding hydrogens is 166 g/mol. The van der Waals surface area contributed by atoms with Crippen LogP contribution >= 0.6 is 0 Å². The summed E-state index contributed by atoms with van der Waals surface area (Å²) < 4.78 is 7.13. The molecule has 0 saturated carbocycles. The lowest BCUT2D eigenvalue weighted by molar-refractivity contribution is -0.131. The molecule has 0 aromatic heterocycles. The molecule has 11 heavy (non-hydrogen) atoms. The van der Waals surface area contributed by atoms with Crippen molar-refractivity contribution in [3.05, 3.63) is 12.2 Å². The van der Waals surface area contributed by atoms with Crippen LogP contribution in [0.5, 0.6) is 0 Å². The molecule has 0 spiro atoms. The van der Waals surface area contributed by atoms with Crippen LogP contribution in [0.1, 0.15) is 6.92 Å². The van der Waals surface area contributed by atoms with Gasteiger partial charge in [-0.1, -0.05) is 6.58 Å². The van der Waals surface area contributed by atoms with E-state index in [2.05, 4.69) is 15.7 Å². The van der Waals surface area contributed by atoms with Crippen LogP contribution < -0.4 is 0 Å². The van der Waals surface area contributed by atoms with Gasteiger partial charge in [-0.15, -0.1) is 0 Å². The summed E-state index contributed by atoms with van der Waals surface area (Å²) in [4.78, 5) is 28.8. The molecule has 1 unspecified atom stereocenters. The lowest BCUT2D eigenvalue weighted by atomic mass is 10.4. The molecule has 0 aromatic carbocycles. The fourth-order valence-electron chi connectivity index (χ4n) is 0.268. The third-order valence-corrected chi connectivity index (χ3v) is 1.48. The average molecular weight is 173 g/mol. The zero-order valence-corrected chi connectivity index (χ0v) is 7.06. The van der Waals surface area contributed by atoms with E-state index < -0.39 is 15.4 Å². The lowest BCUT2D eigenvalue weighted by Gasteiger charge is -2.02. The van der Waals surface area contributed by atoms with Crippen LogP contribution in [0.15, 0.2) is 16.8 Å². The Hall–Kier alpha value is -1.23. The third-order valence-electron chi connectivity index (χ3n) is 0.724. The second-order valence-electron chi connectivity index (χ2n) is 1.73. The van der Waals surface area contributed by atoms with E-state index in [-0.39, 0.29) is 5.57 Å². The van der Waals surface area contributed by atoms with Crippen molar-refractivity contribution >= 4 is 21.5 Å². The smallest absolute Gasteiger partial charge is 0.476 e. The van der Waals surface area contributed by atoms with Gasteiger partial charge < -0.3 is 9.22 Å². The molecule has 0 aliphatic carbocycles. The van der Waals surface area contributed by atoms with Crippen molar-refractivity contribution in [1.82, 2.24) is 0 Å². The van der Waals surface area contributed by atoms with E-state index in [1.165, 1.54) is 6.92 Å². The predicted molar refractivity (Wildman–Crippen MR) is 38.4 cm³/mol. The van der Waals surface area contributed by atoms with Gasteiger partial charge in [-0.05, 0) is 6.92 Å². The number of hydrogen-bond donors (Lipinski definition) is 1. The Bertz CT molecular complexity index is 221. The van der Waals surface area contributed by atoms with Crippen LogP contribution in [-0.2, 0) is 14.0 Å². The van der Waals surface area contributed by atoms with Gasteiger partial charge >= 0.3 is 15.4 Å². The van der Waals surface area contributed by atoms with Gasteiger partial charge in [-0.2, -0.15) is 4.66 Å². The fraction of sp³-hybridized carbons (Fsp3) is 0.200. The van der Waals surface area contributed by atoms with Gasteiger partial charge in [0.1, 0.15) is 0 Å². The molecule has 6 heteroatoms. The third kappa shape index (κ3) is 4.21. The van der Waals surface area contributed by atoms with Gasteiger partial charge in [-0.3, -0.25) is 0 Å². The largest absolute Gasteiger partial charge is 0.535 e. The molecule has 0 aliphatic heterocycles. The summed E-state index contributed by atoms with van der Waals surface area (Å²) in [6, 6.07) is 0. The van der Waals surface area contributed by atoms with Crippen molar-refractivity contribution in [3.8, 4) is 0 Å². The van der Waals surface area contributed by atoms with Crippen molar-refractivity contribution in [3.63, 3.8) is 0 Å². The molecule has 0 amide bonds. The molecule has 1 atom stereocenters. The molecule has 0 saturated heterocycles. The van der Waals surface area contributed by atoms with Crippen LogP contribution in [0, 0.1) is 0 Å². The topological polar surface area (TPSA) is 76.0 Å². The standard InChI is InChI=1S/C5H7NO4Si/c1-4(2)5(8)10-11(9)6-3-7/h9,11H,1H2,2H3. The van der Waals surface area contributed by atoms with Gasteiger partial charge in [-0.25, -0.2) is 9.59 Å². The van der Waals surface area contributed by atoms with Crippen LogP contribution in [-0.4, -0.2) is 26.3 Å². The molecule has 0 aliphatic rings. The monoisotopic (exact) mass is 173 g/mol. The highest BCUT2D eigenvalue weighted by atomic mass is 28.3. The first-order chi connectivity index (χ1) is 5.07. The highest BCUT2D eigenvalue weighted by Gasteiger charge is 2.13. The summed E-state index contributed by atoms with van der Waals surface area (Å²) in [5.74, 6) is -0.747. The Morgan fingerprint density at radius 2 is 2.36 bits per heavy atom. The summed E-state index contributed by atoms with van der Waals surface area (Å²) in [6.45, 7) is 4.69. The van der Waals surface area contributed by atoms with Crippen molar-refractivity contribution in [2.75, 3.05) is 0 Å². The Kier molecular flexibility index (Phi) is 4.05. The van der Waals surface area contributed by atoms with Crippen LogP contribution in [0.25, 0.3) is 0 Å². The summed E-state index contributed by atoms with van der Waals surface area (Å²) in [5.41, 5.74) is 0.151. The minimum atomic E-state index is -3.03. The van der Waals surface area contributed by atoms with Crippen LogP contribution in [0.3, 0.4) is 0 Å². The zero-order valence-electron chi connectivity index (χ0n) is 5.90. The minimum Gasteiger partial charge on any atom is -0.476 e. The fourth-order valence-corrected chi connectivity index (χ4v) is 0.803. The Morgan fingerprint density at radius 1 is 1.82 bits per heavy atom. The first-order valence-corrected chi connectivity index (χ1v) is 4.20. The van der Waals surface area contributed by atoms with E-state index in [4.69, 9.17) is 4.80 Å². The molecule has 0 bridgehead atoms. The number of nitrogens with zero attached hydrogens (tertiary/aromatic N) is 1. The predicted octanol–water partition coefficient (Wildman–Crippen LogP) is -0.849. The van der Waals surface area contributed by atoms with E-state index in [0.29, 0.717) is 0 Å².